The summed E-state index contributed by atoms with van der Waals surface area (Å²) in [4.78, 5) is 25.0. The third-order valence-corrected chi connectivity index (χ3v) is 10.6. The zero-order valence-electron chi connectivity index (χ0n) is 36.6. The van der Waals surface area contributed by atoms with E-state index in [4.69, 9.17) is 18.5 Å². The Kier molecular flexibility index (Phi) is 38.6. The summed E-state index contributed by atoms with van der Waals surface area (Å²) in [5.74, 6) is -0.349. The van der Waals surface area contributed by atoms with Crippen LogP contribution < -0.4 is 4.89 Å². The summed E-state index contributed by atoms with van der Waals surface area (Å²) in [6.07, 6.45) is 45.9. The Morgan fingerprint density at radius 1 is 0.564 bits per heavy atom. The van der Waals surface area contributed by atoms with Gasteiger partial charge in [0, 0.05) is 13.0 Å². The van der Waals surface area contributed by atoms with E-state index in [0.29, 0.717) is 24.1 Å². The van der Waals surface area contributed by atoms with Crippen LogP contribution in [0.15, 0.2) is 36.5 Å². The third kappa shape index (κ3) is 43.7. The molecule has 0 saturated carbocycles. The molecule has 0 rings (SSSR count). The molecule has 0 spiro atoms. The molecule has 0 amide bonds. The minimum atomic E-state index is -4.53. The maximum atomic E-state index is 12.7. The van der Waals surface area contributed by atoms with Gasteiger partial charge in [-0.05, 0) is 64.2 Å². The van der Waals surface area contributed by atoms with Gasteiger partial charge in [-0.15, -0.1) is 0 Å². The Morgan fingerprint density at radius 2 is 1.04 bits per heavy atom. The molecule has 324 valence electrons. The van der Waals surface area contributed by atoms with Crippen LogP contribution in [0, 0.1) is 0 Å². The Morgan fingerprint density at radius 3 is 1.56 bits per heavy atom. The summed E-state index contributed by atoms with van der Waals surface area (Å²) in [5.41, 5.74) is 0. The highest BCUT2D eigenvalue weighted by molar-refractivity contribution is 7.45. The van der Waals surface area contributed by atoms with E-state index in [1.165, 1.54) is 109 Å². The molecule has 0 aliphatic rings. The topological polar surface area (TPSA) is 94.1 Å². The van der Waals surface area contributed by atoms with Gasteiger partial charge in [0.05, 0.1) is 34.4 Å². The number of hydrogen-bond donors (Lipinski definition) is 0. The largest absolute Gasteiger partial charge is 0.756 e. The molecule has 0 aliphatic heterocycles. The molecule has 0 aromatic rings. The lowest BCUT2D eigenvalue weighted by atomic mass is 10.1. The molecule has 0 aliphatic carbocycles. The molecule has 0 N–H and O–H groups in total. The molecule has 8 nitrogen and oxygen atoms in total. The van der Waals surface area contributed by atoms with Crippen LogP contribution in [-0.4, -0.2) is 70.7 Å². The van der Waals surface area contributed by atoms with Gasteiger partial charge in [0.15, 0.2) is 0 Å². The highest BCUT2D eigenvalue weighted by Gasteiger charge is 2.20. The fourth-order valence-corrected chi connectivity index (χ4v) is 6.84. The van der Waals surface area contributed by atoms with Crippen LogP contribution in [0.4, 0.5) is 0 Å². The second-order valence-electron chi connectivity index (χ2n) is 16.4. The zero-order chi connectivity index (χ0) is 40.6. The van der Waals surface area contributed by atoms with Gasteiger partial charge in [0.2, 0.25) is 0 Å². The number of hydrogen-bond acceptors (Lipinski definition) is 7. The number of phosphoric acid groups is 1. The van der Waals surface area contributed by atoms with Crippen LogP contribution in [0.1, 0.15) is 194 Å². The van der Waals surface area contributed by atoms with Gasteiger partial charge >= 0.3 is 5.97 Å². The van der Waals surface area contributed by atoms with Crippen molar-refractivity contribution in [3.8, 4) is 0 Å². The van der Waals surface area contributed by atoms with Gasteiger partial charge in [-0.2, -0.15) is 0 Å². The van der Waals surface area contributed by atoms with Gasteiger partial charge in [0.25, 0.3) is 7.82 Å². The molecule has 0 aromatic heterocycles. The fraction of sp³-hybridized carbons (Fsp3) is 0.848. The highest BCUT2D eigenvalue weighted by atomic mass is 31.2. The predicted molar refractivity (Wildman–Crippen MR) is 231 cm³/mol. The molecule has 2 atom stereocenters. The number of likely N-dealkylation sites (N-methyl/N-ethyl adjacent to an activating group) is 1. The van der Waals surface area contributed by atoms with E-state index in [9.17, 15) is 14.3 Å². The van der Waals surface area contributed by atoms with Crippen molar-refractivity contribution in [1.29, 1.82) is 0 Å². The van der Waals surface area contributed by atoms with Crippen molar-refractivity contribution >= 4 is 13.8 Å². The standard InChI is InChI=1S/C46H88NO7P/c1-6-8-10-12-14-16-18-20-21-22-23-24-25-26-28-30-32-34-36-38-41-51-43-45(44-53-55(49,50)52-42-40-47(3,4)5)54-46(48)39-37-35-33-31-29-27-19-17-15-13-11-9-7-2/h11,13,17,19-21,45H,6-10,12,14-16,18,22-44H2,1-5H3/b13-11-,19-17-,21-20-. The summed E-state index contributed by atoms with van der Waals surface area (Å²) in [6, 6.07) is 0. The third-order valence-electron chi connectivity index (χ3n) is 9.64. The van der Waals surface area contributed by atoms with E-state index >= 15 is 0 Å². The Hall–Kier alpha value is -1.28. The van der Waals surface area contributed by atoms with Crippen molar-refractivity contribution in [3.63, 3.8) is 0 Å². The number of nitrogens with zero attached hydrogens (tertiary/aromatic N) is 1. The van der Waals surface area contributed by atoms with E-state index in [-0.39, 0.29) is 25.8 Å². The lowest BCUT2D eigenvalue weighted by molar-refractivity contribution is -0.870. The summed E-state index contributed by atoms with van der Waals surface area (Å²) < 4.78 is 34.6. The zero-order valence-corrected chi connectivity index (χ0v) is 37.5. The molecule has 0 fully saturated rings. The number of unbranched alkanes of at least 4 members (excludes halogenated alkanes) is 22. The lowest BCUT2D eigenvalue weighted by Gasteiger charge is -2.28. The molecule has 0 heterocycles. The number of ether oxygens (including phenoxy) is 2. The van der Waals surface area contributed by atoms with Crippen molar-refractivity contribution < 1.29 is 37.3 Å². The van der Waals surface area contributed by atoms with E-state index in [1.54, 1.807) is 0 Å². The smallest absolute Gasteiger partial charge is 0.306 e. The van der Waals surface area contributed by atoms with Crippen molar-refractivity contribution in [3.05, 3.63) is 36.5 Å². The quantitative estimate of drug-likeness (QED) is 0.0200. The Balaban J connectivity index is 4.18. The van der Waals surface area contributed by atoms with E-state index in [2.05, 4.69) is 50.3 Å². The number of carbonyl (C=O) groups excluding carboxylic acids is 1. The first-order chi connectivity index (χ1) is 26.6. The summed E-state index contributed by atoms with van der Waals surface area (Å²) in [5, 5.41) is 0. The summed E-state index contributed by atoms with van der Waals surface area (Å²) in [6.45, 7) is 5.33. The maximum Gasteiger partial charge on any atom is 0.306 e. The Labute approximate surface area is 340 Å². The lowest BCUT2D eigenvalue weighted by Crippen LogP contribution is -2.37. The minimum absolute atomic E-state index is 0.0230. The number of quaternary nitrogens is 1. The van der Waals surface area contributed by atoms with Crippen LogP contribution in [0.3, 0.4) is 0 Å². The maximum absolute atomic E-state index is 12.7. The highest BCUT2D eigenvalue weighted by Crippen LogP contribution is 2.38. The number of rotatable bonds is 42. The van der Waals surface area contributed by atoms with Gasteiger partial charge in [0.1, 0.15) is 19.3 Å². The van der Waals surface area contributed by atoms with Gasteiger partial charge in [-0.1, -0.05) is 159 Å². The van der Waals surface area contributed by atoms with Crippen LogP contribution in [0.2, 0.25) is 0 Å². The van der Waals surface area contributed by atoms with Gasteiger partial charge < -0.3 is 27.9 Å². The summed E-state index contributed by atoms with van der Waals surface area (Å²) >= 11 is 0. The molecule has 9 heteroatoms. The van der Waals surface area contributed by atoms with E-state index in [1.807, 2.05) is 21.1 Å². The molecule has 0 radical (unpaired) electrons. The average Bonchev–Trinajstić information content (AvgIpc) is 3.13. The van der Waals surface area contributed by atoms with Crippen LogP contribution in [0.5, 0.6) is 0 Å². The van der Waals surface area contributed by atoms with E-state index < -0.39 is 13.9 Å². The van der Waals surface area contributed by atoms with Crippen LogP contribution in [0.25, 0.3) is 0 Å². The summed E-state index contributed by atoms with van der Waals surface area (Å²) in [7, 11) is 1.35. The van der Waals surface area contributed by atoms with Crippen molar-refractivity contribution in [2.75, 3.05) is 54.1 Å². The first-order valence-electron chi connectivity index (χ1n) is 22.7. The Bertz CT molecular complexity index is 978. The molecule has 55 heavy (non-hydrogen) atoms. The number of carbonyl (C=O) groups is 1. The molecule has 0 bridgehead atoms. The SMILES string of the molecule is CCC/C=C\C/C=C\CCCCCCCC(=O)OC(COCCCCCCCCCCCC/C=C\CCCCCCCC)COP(=O)([O-])OCC[N+](C)(C)C. The van der Waals surface area contributed by atoms with Gasteiger partial charge in [-0.25, -0.2) is 0 Å². The first-order valence-corrected chi connectivity index (χ1v) is 24.2. The number of phosphoric ester groups is 1. The van der Waals surface area contributed by atoms with Crippen molar-refractivity contribution in [2.45, 2.75) is 200 Å². The van der Waals surface area contributed by atoms with E-state index in [0.717, 1.165) is 64.2 Å². The first kappa shape index (κ1) is 53.7. The van der Waals surface area contributed by atoms with Crippen LogP contribution >= 0.6 is 7.82 Å². The van der Waals surface area contributed by atoms with Crippen molar-refractivity contribution in [2.24, 2.45) is 0 Å². The molecular weight excluding hydrogens is 709 g/mol. The van der Waals surface area contributed by atoms with Gasteiger partial charge in [-0.3, -0.25) is 9.36 Å². The number of esters is 1. The number of allylic oxidation sites excluding steroid dienone is 6. The normalized spacial score (nSPS) is 14.1. The second-order valence-corrected chi connectivity index (χ2v) is 17.8. The fourth-order valence-electron chi connectivity index (χ4n) is 6.11. The molecular formula is C46H88NO7P. The van der Waals surface area contributed by atoms with Crippen molar-refractivity contribution in [1.82, 2.24) is 0 Å². The molecule has 0 saturated heterocycles. The molecule has 2 unspecified atom stereocenters. The second kappa shape index (κ2) is 39.5. The predicted octanol–water partition coefficient (Wildman–Crippen LogP) is 12.8. The average molecular weight is 798 g/mol. The monoisotopic (exact) mass is 798 g/mol. The van der Waals surface area contributed by atoms with Crippen LogP contribution in [-0.2, 0) is 27.9 Å². The molecule has 0 aromatic carbocycles. The minimum Gasteiger partial charge on any atom is -0.756 e.